The Hall–Kier alpha value is -2.10. The molecule has 0 saturated carbocycles. The van der Waals surface area contributed by atoms with Crippen LogP contribution in [0.1, 0.15) is 18.4 Å². The van der Waals surface area contributed by atoms with Crippen molar-refractivity contribution in [2.45, 2.75) is 25.5 Å². The second-order valence-electron chi connectivity index (χ2n) is 4.53. The minimum absolute atomic E-state index is 0.164. The van der Waals surface area contributed by atoms with E-state index < -0.39 is 0 Å². The zero-order valence-electron chi connectivity index (χ0n) is 10.7. The number of ketones is 1. The first-order valence-electron chi connectivity index (χ1n) is 6.32. The first kappa shape index (κ1) is 13.3. The summed E-state index contributed by atoms with van der Waals surface area (Å²) in [4.78, 5) is 24.9. The molecule has 1 atom stereocenters. The van der Waals surface area contributed by atoms with Crippen molar-refractivity contribution in [3.63, 3.8) is 0 Å². The van der Waals surface area contributed by atoms with Gasteiger partial charge in [0.2, 0.25) is 0 Å². The van der Waals surface area contributed by atoms with E-state index in [2.05, 4.69) is 6.58 Å². The first-order valence-corrected chi connectivity index (χ1v) is 6.32. The highest BCUT2D eigenvalue weighted by Gasteiger charge is 2.29. The molecule has 4 nitrogen and oxygen atoms in total. The van der Waals surface area contributed by atoms with Crippen molar-refractivity contribution in [1.82, 2.24) is 4.90 Å². The van der Waals surface area contributed by atoms with Crippen molar-refractivity contribution in [2.75, 3.05) is 6.54 Å². The number of hydrogen-bond acceptors (Lipinski definition) is 3. The Balaban J connectivity index is 1.92. The van der Waals surface area contributed by atoms with Crippen molar-refractivity contribution in [3.8, 4) is 0 Å². The summed E-state index contributed by atoms with van der Waals surface area (Å²) in [5, 5.41) is 0. The molecule has 1 aromatic rings. The van der Waals surface area contributed by atoms with Crippen LogP contribution in [-0.2, 0) is 16.1 Å². The molecular weight excluding hydrogens is 242 g/mol. The van der Waals surface area contributed by atoms with Crippen LogP contribution in [0.3, 0.4) is 0 Å². The van der Waals surface area contributed by atoms with Crippen LogP contribution in [0, 0.1) is 0 Å². The van der Waals surface area contributed by atoms with E-state index in [4.69, 9.17) is 4.74 Å². The second-order valence-corrected chi connectivity index (χ2v) is 4.53. The zero-order valence-corrected chi connectivity index (χ0v) is 10.7. The Morgan fingerprint density at radius 1 is 1.42 bits per heavy atom. The highest BCUT2D eigenvalue weighted by Crippen LogP contribution is 2.17. The highest BCUT2D eigenvalue weighted by molar-refractivity contribution is 5.82. The number of benzene rings is 1. The zero-order chi connectivity index (χ0) is 13.7. The lowest BCUT2D eigenvalue weighted by molar-refractivity contribution is -0.122. The van der Waals surface area contributed by atoms with Crippen molar-refractivity contribution < 1.29 is 14.3 Å². The lowest BCUT2D eigenvalue weighted by Crippen LogP contribution is -2.45. The number of rotatable bonds is 3. The minimum Gasteiger partial charge on any atom is -0.445 e. The Labute approximate surface area is 112 Å². The number of Topliss-reactive ketones (excluding diaryl/α,β-unsaturated/α-hetero) is 1. The molecule has 0 spiro atoms. The average molecular weight is 259 g/mol. The summed E-state index contributed by atoms with van der Waals surface area (Å²) in [6.45, 7) is 4.32. The van der Waals surface area contributed by atoms with Crippen LogP contribution in [-0.4, -0.2) is 29.4 Å². The van der Waals surface area contributed by atoms with Gasteiger partial charge in [-0.15, -0.1) is 6.58 Å². The third-order valence-corrected chi connectivity index (χ3v) is 3.18. The van der Waals surface area contributed by atoms with E-state index in [9.17, 15) is 9.59 Å². The largest absolute Gasteiger partial charge is 0.445 e. The summed E-state index contributed by atoms with van der Waals surface area (Å²) in [6.07, 6.45) is 1.97. The Bertz CT molecular complexity index is 470. The number of amides is 1. The molecule has 1 heterocycles. The van der Waals surface area contributed by atoms with Crippen LogP contribution in [0.2, 0.25) is 0 Å². The SMILES string of the molecule is C=C[C@@H]1CC(=O)CCN1C(=O)OCc1ccccc1. The van der Waals surface area contributed by atoms with E-state index in [-0.39, 0.29) is 24.5 Å². The van der Waals surface area contributed by atoms with Gasteiger partial charge in [-0.05, 0) is 5.56 Å². The molecule has 1 aromatic carbocycles. The fraction of sp³-hybridized carbons (Fsp3) is 0.333. The molecule has 1 amide bonds. The molecule has 4 heteroatoms. The average Bonchev–Trinajstić information content (AvgIpc) is 2.45. The van der Waals surface area contributed by atoms with Crippen LogP contribution >= 0.6 is 0 Å². The van der Waals surface area contributed by atoms with Gasteiger partial charge in [0.1, 0.15) is 12.4 Å². The quantitative estimate of drug-likeness (QED) is 0.784. The Morgan fingerprint density at radius 3 is 2.84 bits per heavy atom. The van der Waals surface area contributed by atoms with Gasteiger partial charge < -0.3 is 9.64 Å². The van der Waals surface area contributed by atoms with E-state index in [1.54, 1.807) is 11.0 Å². The second kappa shape index (κ2) is 6.18. The number of hydrogen-bond donors (Lipinski definition) is 0. The normalized spacial score (nSPS) is 19.1. The molecule has 0 aromatic heterocycles. The lowest BCUT2D eigenvalue weighted by Gasteiger charge is -2.32. The van der Waals surface area contributed by atoms with Gasteiger partial charge in [0, 0.05) is 19.4 Å². The van der Waals surface area contributed by atoms with Gasteiger partial charge in [-0.25, -0.2) is 4.79 Å². The molecule has 0 unspecified atom stereocenters. The third kappa shape index (κ3) is 3.44. The molecule has 0 radical (unpaired) electrons. The van der Waals surface area contributed by atoms with Gasteiger partial charge in [0.25, 0.3) is 0 Å². The molecule has 0 N–H and O–H groups in total. The molecule has 1 fully saturated rings. The summed E-state index contributed by atoms with van der Waals surface area (Å²) >= 11 is 0. The highest BCUT2D eigenvalue weighted by atomic mass is 16.6. The lowest BCUT2D eigenvalue weighted by atomic mass is 10.0. The maximum absolute atomic E-state index is 12.0. The molecule has 100 valence electrons. The summed E-state index contributed by atoms with van der Waals surface area (Å²) < 4.78 is 5.26. The van der Waals surface area contributed by atoms with Gasteiger partial charge in [0.15, 0.2) is 0 Å². The van der Waals surface area contributed by atoms with Gasteiger partial charge in [-0.2, -0.15) is 0 Å². The molecular formula is C15H17NO3. The molecule has 0 bridgehead atoms. The Morgan fingerprint density at radius 2 is 2.16 bits per heavy atom. The van der Waals surface area contributed by atoms with Crippen molar-refractivity contribution in [3.05, 3.63) is 48.6 Å². The van der Waals surface area contributed by atoms with Gasteiger partial charge in [0.05, 0.1) is 6.04 Å². The molecule has 1 aliphatic rings. The predicted molar refractivity (Wildman–Crippen MR) is 71.6 cm³/mol. The van der Waals surface area contributed by atoms with E-state index >= 15 is 0 Å². The number of nitrogens with zero attached hydrogens (tertiary/aromatic N) is 1. The summed E-state index contributed by atoms with van der Waals surface area (Å²) in [5.41, 5.74) is 0.944. The molecule has 1 saturated heterocycles. The van der Waals surface area contributed by atoms with Crippen molar-refractivity contribution >= 4 is 11.9 Å². The summed E-state index contributed by atoms with van der Waals surface area (Å²) in [5.74, 6) is 0.164. The van der Waals surface area contributed by atoms with Crippen LogP contribution < -0.4 is 0 Å². The maximum atomic E-state index is 12.0. The monoisotopic (exact) mass is 259 g/mol. The molecule has 0 aliphatic carbocycles. The number of likely N-dealkylation sites (tertiary alicyclic amines) is 1. The number of carbonyl (C=O) groups is 2. The Kier molecular flexibility index (Phi) is 4.34. The van der Waals surface area contributed by atoms with E-state index in [1.165, 1.54) is 0 Å². The fourth-order valence-corrected chi connectivity index (χ4v) is 2.10. The maximum Gasteiger partial charge on any atom is 0.410 e. The smallest absolute Gasteiger partial charge is 0.410 e. The van der Waals surface area contributed by atoms with E-state index in [1.807, 2.05) is 30.3 Å². The van der Waals surface area contributed by atoms with Crippen molar-refractivity contribution in [1.29, 1.82) is 0 Å². The van der Waals surface area contributed by atoms with E-state index in [0.29, 0.717) is 19.4 Å². The number of ether oxygens (including phenoxy) is 1. The van der Waals surface area contributed by atoms with Gasteiger partial charge in [-0.3, -0.25) is 4.79 Å². The van der Waals surface area contributed by atoms with Crippen molar-refractivity contribution in [2.24, 2.45) is 0 Å². The van der Waals surface area contributed by atoms with Gasteiger partial charge in [-0.1, -0.05) is 36.4 Å². The van der Waals surface area contributed by atoms with Crippen LogP contribution in [0.25, 0.3) is 0 Å². The van der Waals surface area contributed by atoms with Gasteiger partial charge >= 0.3 is 6.09 Å². The predicted octanol–water partition coefficient (Wildman–Crippen LogP) is 2.54. The number of carbonyl (C=O) groups excluding carboxylic acids is 2. The van der Waals surface area contributed by atoms with Crippen LogP contribution in [0.15, 0.2) is 43.0 Å². The van der Waals surface area contributed by atoms with E-state index in [0.717, 1.165) is 5.56 Å². The molecule has 1 aliphatic heterocycles. The molecule has 19 heavy (non-hydrogen) atoms. The first-order chi connectivity index (χ1) is 9.20. The third-order valence-electron chi connectivity index (χ3n) is 3.18. The standard InChI is InChI=1S/C15H17NO3/c1-2-13-10-14(17)8-9-16(13)15(18)19-11-12-6-4-3-5-7-12/h2-7,13H,1,8-11H2/t13-/m1/s1. The summed E-state index contributed by atoms with van der Waals surface area (Å²) in [6, 6.07) is 9.26. The minimum atomic E-state index is -0.388. The topological polar surface area (TPSA) is 46.6 Å². The number of piperidine rings is 1. The fourth-order valence-electron chi connectivity index (χ4n) is 2.10. The van der Waals surface area contributed by atoms with Crippen LogP contribution in [0.5, 0.6) is 0 Å². The summed E-state index contributed by atoms with van der Waals surface area (Å²) in [7, 11) is 0. The molecule has 2 rings (SSSR count). The van der Waals surface area contributed by atoms with Crippen LogP contribution in [0.4, 0.5) is 4.79 Å².